The first-order valence-corrected chi connectivity index (χ1v) is 6.08. The Morgan fingerprint density at radius 1 is 1.40 bits per heavy atom. The van der Waals surface area contributed by atoms with Crippen LogP contribution in [0.1, 0.15) is 10.5 Å². The third-order valence-electron chi connectivity index (χ3n) is 2.31. The van der Waals surface area contributed by atoms with E-state index in [9.17, 15) is 14.9 Å². The average Bonchev–Trinajstić information content (AvgIpc) is 2.41. The second-order valence-electron chi connectivity index (χ2n) is 3.63. The molecule has 1 heterocycles. The first kappa shape index (κ1) is 13.9. The van der Waals surface area contributed by atoms with E-state index in [1.165, 1.54) is 30.5 Å². The highest BCUT2D eigenvalue weighted by Gasteiger charge is 2.19. The molecule has 1 N–H and O–H groups in total. The normalized spacial score (nSPS) is 10.1. The summed E-state index contributed by atoms with van der Waals surface area (Å²) >= 11 is 3.16. The van der Waals surface area contributed by atoms with Crippen molar-refractivity contribution in [2.75, 3.05) is 0 Å². The lowest BCUT2D eigenvalue weighted by molar-refractivity contribution is -0.385. The maximum Gasteiger partial charge on any atom is 0.354 e. The summed E-state index contributed by atoms with van der Waals surface area (Å²) in [5, 5.41) is 19.8. The van der Waals surface area contributed by atoms with Crippen molar-refractivity contribution in [1.29, 1.82) is 0 Å². The van der Waals surface area contributed by atoms with Crippen LogP contribution in [0.25, 0.3) is 0 Å². The number of halogens is 1. The van der Waals surface area contributed by atoms with Crippen molar-refractivity contribution >= 4 is 27.6 Å². The molecule has 0 saturated heterocycles. The van der Waals surface area contributed by atoms with Gasteiger partial charge in [0, 0.05) is 18.3 Å². The van der Waals surface area contributed by atoms with Crippen LogP contribution in [0.3, 0.4) is 0 Å². The van der Waals surface area contributed by atoms with E-state index < -0.39 is 10.9 Å². The molecule has 2 aromatic rings. The van der Waals surface area contributed by atoms with Crippen molar-refractivity contribution < 1.29 is 19.6 Å². The molecule has 20 heavy (non-hydrogen) atoms. The SMILES string of the molecule is O=C(O)c1cc(Oc2c(Br)cccc2[N+](=O)[O-])ccn1. The standard InChI is InChI=1S/C12H7BrN2O5/c13-8-2-1-3-10(15(18)19)11(8)20-7-4-5-14-9(6-7)12(16)17/h1-6H,(H,16,17). The minimum atomic E-state index is -1.21. The summed E-state index contributed by atoms with van der Waals surface area (Å²) in [4.78, 5) is 24.8. The van der Waals surface area contributed by atoms with Crippen LogP contribution >= 0.6 is 15.9 Å². The molecule has 0 bridgehead atoms. The summed E-state index contributed by atoms with van der Waals surface area (Å²) < 4.78 is 5.79. The first-order valence-electron chi connectivity index (χ1n) is 5.29. The molecular formula is C12H7BrN2O5. The van der Waals surface area contributed by atoms with Crippen molar-refractivity contribution in [2.24, 2.45) is 0 Å². The maximum atomic E-state index is 10.9. The lowest BCUT2D eigenvalue weighted by Crippen LogP contribution is -2.00. The molecule has 0 atom stereocenters. The van der Waals surface area contributed by atoms with Gasteiger partial charge in [0.15, 0.2) is 5.69 Å². The summed E-state index contributed by atoms with van der Waals surface area (Å²) in [6, 6.07) is 6.98. The van der Waals surface area contributed by atoms with Crippen LogP contribution in [-0.4, -0.2) is 21.0 Å². The van der Waals surface area contributed by atoms with E-state index in [0.29, 0.717) is 4.47 Å². The first-order chi connectivity index (χ1) is 9.49. The molecule has 0 unspecified atom stereocenters. The third kappa shape index (κ3) is 2.91. The lowest BCUT2D eigenvalue weighted by atomic mass is 10.3. The number of pyridine rings is 1. The zero-order chi connectivity index (χ0) is 14.7. The van der Waals surface area contributed by atoms with Gasteiger partial charge in [-0.3, -0.25) is 10.1 Å². The molecular weight excluding hydrogens is 332 g/mol. The van der Waals surface area contributed by atoms with Crippen LogP contribution in [0.15, 0.2) is 41.0 Å². The Balaban J connectivity index is 2.42. The quantitative estimate of drug-likeness (QED) is 0.678. The van der Waals surface area contributed by atoms with Gasteiger partial charge in [-0.1, -0.05) is 6.07 Å². The minimum absolute atomic E-state index is 0.0000359. The molecule has 2 rings (SSSR count). The number of carbonyl (C=O) groups is 1. The number of nitro benzene ring substituents is 1. The van der Waals surface area contributed by atoms with Crippen LogP contribution in [0, 0.1) is 10.1 Å². The van der Waals surface area contributed by atoms with Gasteiger partial charge < -0.3 is 9.84 Å². The van der Waals surface area contributed by atoms with Crippen molar-refractivity contribution in [2.45, 2.75) is 0 Å². The van der Waals surface area contributed by atoms with Crippen molar-refractivity contribution in [3.8, 4) is 11.5 Å². The van der Waals surface area contributed by atoms with Crippen molar-refractivity contribution in [1.82, 2.24) is 4.98 Å². The fourth-order valence-corrected chi connectivity index (χ4v) is 1.89. The Bertz CT molecular complexity index is 689. The number of benzene rings is 1. The smallest absolute Gasteiger partial charge is 0.354 e. The van der Waals surface area contributed by atoms with Gasteiger partial charge in [-0.05, 0) is 28.1 Å². The number of aromatic carboxylic acids is 1. The average molecular weight is 339 g/mol. The highest BCUT2D eigenvalue weighted by atomic mass is 79.9. The molecule has 1 aromatic heterocycles. The van der Waals surface area contributed by atoms with Crippen molar-refractivity contribution in [3.63, 3.8) is 0 Å². The summed E-state index contributed by atoms with van der Waals surface area (Å²) in [7, 11) is 0. The van der Waals surface area contributed by atoms with Crippen LogP contribution in [0.4, 0.5) is 5.69 Å². The van der Waals surface area contributed by atoms with E-state index in [-0.39, 0.29) is 22.9 Å². The van der Waals surface area contributed by atoms with Crippen molar-refractivity contribution in [3.05, 3.63) is 56.8 Å². The second-order valence-corrected chi connectivity index (χ2v) is 4.48. The Morgan fingerprint density at radius 2 is 2.15 bits per heavy atom. The van der Waals surface area contributed by atoms with E-state index in [4.69, 9.17) is 9.84 Å². The van der Waals surface area contributed by atoms with E-state index in [1.54, 1.807) is 6.07 Å². The number of carboxylic acid groups (broad SMARTS) is 1. The minimum Gasteiger partial charge on any atom is -0.477 e. The number of nitro groups is 1. The fourth-order valence-electron chi connectivity index (χ4n) is 1.45. The van der Waals surface area contributed by atoms with Crippen LogP contribution in [0.2, 0.25) is 0 Å². The van der Waals surface area contributed by atoms with E-state index in [0.717, 1.165) is 0 Å². The summed E-state index contributed by atoms with van der Waals surface area (Å²) in [6.07, 6.45) is 1.25. The predicted molar refractivity (Wildman–Crippen MR) is 72.1 cm³/mol. The highest BCUT2D eigenvalue weighted by Crippen LogP contribution is 2.37. The largest absolute Gasteiger partial charge is 0.477 e. The zero-order valence-electron chi connectivity index (χ0n) is 9.82. The number of carboxylic acids is 1. The maximum absolute atomic E-state index is 10.9. The third-order valence-corrected chi connectivity index (χ3v) is 2.94. The van der Waals surface area contributed by atoms with Gasteiger partial charge in [-0.2, -0.15) is 0 Å². The molecule has 0 aliphatic rings. The second kappa shape index (κ2) is 5.66. The number of ether oxygens (including phenoxy) is 1. The van der Waals surface area contributed by atoms with Gasteiger partial charge in [0.25, 0.3) is 0 Å². The summed E-state index contributed by atoms with van der Waals surface area (Å²) in [6.45, 7) is 0. The van der Waals surface area contributed by atoms with Crippen LogP contribution in [-0.2, 0) is 0 Å². The monoisotopic (exact) mass is 338 g/mol. The number of nitrogens with zero attached hydrogens (tertiary/aromatic N) is 2. The van der Waals surface area contributed by atoms with Crippen LogP contribution in [0.5, 0.6) is 11.5 Å². The molecule has 1 aromatic carbocycles. The molecule has 7 nitrogen and oxygen atoms in total. The number of hydrogen-bond donors (Lipinski definition) is 1. The Labute approximate surface area is 121 Å². The van der Waals surface area contributed by atoms with E-state index in [2.05, 4.69) is 20.9 Å². The number of hydrogen-bond acceptors (Lipinski definition) is 5. The van der Waals surface area contributed by atoms with Crippen LogP contribution < -0.4 is 4.74 Å². The molecule has 0 amide bonds. The molecule has 0 aliphatic heterocycles. The number of rotatable bonds is 4. The number of aromatic nitrogens is 1. The summed E-state index contributed by atoms with van der Waals surface area (Å²) in [5.41, 5.74) is -0.440. The van der Waals surface area contributed by atoms with E-state index in [1.807, 2.05) is 0 Å². The molecule has 0 radical (unpaired) electrons. The number of para-hydroxylation sites is 1. The molecule has 0 fully saturated rings. The predicted octanol–water partition coefficient (Wildman–Crippen LogP) is 3.24. The fraction of sp³-hybridized carbons (Fsp3) is 0. The molecule has 102 valence electrons. The van der Waals surface area contributed by atoms with Gasteiger partial charge in [-0.25, -0.2) is 9.78 Å². The van der Waals surface area contributed by atoms with E-state index >= 15 is 0 Å². The highest BCUT2D eigenvalue weighted by molar-refractivity contribution is 9.10. The topological polar surface area (TPSA) is 103 Å². The van der Waals surface area contributed by atoms with Gasteiger partial charge in [0.1, 0.15) is 5.75 Å². The zero-order valence-corrected chi connectivity index (χ0v) is 11.4. The molecule has 0 spiro atoms. The Kier molecular flexibility index (Phi) is 3.94. The van der Waals surface area contributed by atoms with Gasteiger partial charge in [0.05, 0.1) is 9.40 Å². The van der Waals surface area contributed by atoms with Gasteiger partial charge in [-0.15, -0.1) is 0 Å². The Hall–Kier alpha value is -2.48. The molecule has 0 saturated carbocycles. The van der Waals surface area contributed by atoms with Gasteiger partial charge in [0.2, 0.25) is 5.75 Å². The Morgan fingerprint density at radius 3 is 2.80 bits per heavy atom. The molecule has 0 aliphatic carbocycles. The molecule has 8 heteroatoms. The lowest BCUT2D eigenvalue weighted by Gasteiger charge is -2.08. The summed E-state index contributed by atoms with van der Waals surface area (Å²) in [5.74, 6) is -1.07. The van der Waals surface area contributed by atoms with Gasteiger partial charge >= 0.3 is 11.7 Å².